The van der Waals surface area contributed by atoms with Gasteiger partial charge in [0.2, 0.25) is 0 Å². The summed E-state index contributed by atoms with van der Waals surface area (Å²) in [6.07, 6.45) is 87.7. The molecule has 6 heteroatoms. The third-order valence-corrected chi connectivity index (χ3v) is 13.2. The molecule has 0 amide bonds. The Morgan fingerprint density at radius 1 is 0.276 bits per heavy atom. The molecule has 0 aromatic heterocycles. The summed E-state index contributed by atoms with van der Waals surface area (Å²) in [4.78, 5) is 38.3. The molecule has 0 rings (SSSR count). The van der Waals surface area contributed by atoms with Gasteiger partial charge < -0.3 is 14.2 Å². The zero-order valence-corrected chi connectivity index (χ0v) is 49.5. The standard InChI is InChI=1S/C70H116O6/c1-4-7-10-13-16-19-22-25-28-30-32-34-35-37-38-40-42-45-48-51-54-57-60-63-69(72)75-66-67(65-74-68(71)62-59-56-53-50-47-44-27-24-21-18-15-12-9-6-3)76-70(73)64-61-58-55-52-49-46-43-41-39-36-33-31-29-26-23-20-17-14-11-8-5-2/h8,11,17,20,22,24-27,29-30,32-33,35-37,41,43,49,52,67H,4-7,9-10,12-16,18-19,21,23,28,31,34,38-40,42,44-48,50-51,53-66H2,1-3H3/b11-8-,20-17-,25-22-,27-24-,29-26-,32-30-,36-33-,37-35-,43-41-,52-49-. The van der Waals surface area contributed by atoms with Gasteiger partial charge in [0.25, 0.3) is 0 Å². The summed E-state index contributed by atoms with van der Waals surface area (Å²) >= 11 is 0. The van der Waals surface area contributed by atoms with Gasteiger partial charge in [-0.15, -0.1) is 0 Å². The van der Waals surface area contributed by atoms with Crippen LogP contribution in [0.2, 0.25) is 0 Å². The lowest BCUT2D eigenvalue weighted by Gasteiger charge is -2.18. The Bertz CT molecular complexity index is 1590. The highest BCUT2D eigenvalue weighted by Crippen LogP contribution is 2.14. The molecule has 0 fully saturated rings. The van der Waals surface area contributed by atoms with Gasteiger partial charge in [-0.1, -0.05) is 251 Å². The number of hydrogen-bond acceptors (Lipinski definition) is 6. The van der Waals surface area contributed by atoms with Gasteiger partial charge in [-0.25, -0.2) is 0 Å². The molecular weight excluding hydrogens is 937 g/mol. The predicted molar refractivity (Wildman–Crippen MR) is 330 cm³/mol. The van der Waals surface area contributed by atoms with Gasteiger partial charge >= 0.3 is 17.9 Å². The van der Waals surface area contributed by atoms with E-state index in [2.05, 4.69) is 142 Å². The Balaban J connectivity index is 4.47. The fourth-order valence-corrected chi connectivity index (χ4v) is 8.45. The molecule has 1 unspecified atom stereocenters. The van der Waals surface area contributed by atoms with Crippen molar-refractivity contribution in [3.8, 4) is 0 Å². The molecule has 0 aliphatic rings. The number of esters is 3. The zero-order chi connectivity index (χ0) is 55.0. The number of rotatable bonds is 56. The van der Waals surface area contributed by atoms with Gasteiger partial charge in [0.15, 0.2) is 6.10 Å². The lowest BCUT2D eigenvalue weighted by atomic mass is 10.1. The number of ether oxygens (including phenoxy) is 3. The molecule has 0 aromatic rings. The summed E-state index contributed by atoms with van der Waals surface area (Å²) in [7, 11) is 0. The minimum absolute atomic E-state index is 0.105. The molecule has 0 spiro atoms. The van der Waals surface area contributed by atoms with Gasteiger partial charge in [-0.3, -0.25) is 14.4 Å². The highest BCUT2D eigenvalue weighted by Gasteiger charge is 2.19. The van der Waals surface area contributed by atoms with Gasteiger partial charge in [-0.2, -0.15) is 0 Å². The molecule has 0 aliphatic carbocycles. The lowest BCUT2D eigenvalue weighted by Crippen LogP contribution is -2.30. The minimum atomic E-state index is -0.812. The number of allylic oxidation sites excluding steroid dienone is 20. The maximum absolute atomic E-state index is 12.9. The van der Waals surface area contributed by atoms with Crippen LogP contribution in [-0.4, -0.2) is 37.2 Å². The van der Waals surface area contributed by atoms with E-state index in [4.69, 9.17) is 14.2 Å². The first-order valence-corrected chi connectivity index (χ1v) is 31.5. The van der Waals surface area contributed by atoms with Crippen LogP contribution >= 0.6 is 0 Å². The summed E-state index contributed by atoms with van der Waals surface area (Å²) < 4.78 is 16.9. The Morgan fingerprint density at radius 3 is 0.842 bits per heavy atom. The van der Waals surface area contributed by atoms with Gasteiger partial charge in [-0.05, 0) is 135 Å². The molecule has 0 heterocycles. The summed E-state index contributed by atoms with van der Waals surface area (Å²) in [5.74, 6) is -0.961. The van der Waals surface area contributed by atoms with Crippen LogP contribution in [0.15, 0.2) is 122 Å². The van der Waals surface area contributed by atoms with Crippen molar-refractivity contribution in [2.45, 2.75) is 290 Å². The fraction of sp³-hybridized carbons (Fsp3) is 0.671. The first-order chi connectivity index (χ1) is 37.5. The minimum Gasteiger partial charge on any atom is -0.462 e. The van der Waals surface area contributed by atoms with E-state index in [1.54, 1.807) is 0 Å². The van der Waals surface area contributed by atoms with E-state index >= 15 is 0 Å². The molecule has 0 saturated carbocycles. The smallest absolute Gasteiger partial charge is 0.306 e. The number of carbonyl (C=O) groups is 3. The average Bonchev–Trinajstić information content (AvgIpc) is 3.42. The summed E-state index contributed by atoms with van der Waals surface area (Å²) in [5.41, 5.74) is 0. The third-order valence-electron chi connectivity index (χ3n) is 13.2. The Morgan fingerprint density at radius 2 is 0.513 bits per heavy atom. The highest BCUT2D eigenvalue weighted by molar-refractivity contribution is 5.71. The Labute approximate surface area is 469 Å². The van der Waals surface area contributed by atoms with Crippen molar-refractivity contribution >= 4 is 17.9 Å². The van der Waals surface area contributed by atoms with E-state index < -0.39 is 6.10 Å². The van der Waals surface area contributed by atoms with E-state index in [1.807, 2.05) is 0 Å². The molecule has 0 saturated heterocycles. The second-order valence-electron chi connectivity index (χ2n) is 20.6. The van der Waals surface area contributed by atoms with Crippen molar-refractivity contribution in [2.24, 2.45) is 0 Å². The Kier molecular flexibility index (Phi) is 59.9. The van der Waals surface area contributed by atoms with E-state index in [9.17, 15) is 14.4 Å². The monoisotopic (exact) mass is 1050 g/mol. The zero-order valence-electron chi connectivity index (χ0n) is 49.5. The van der Waals surface area contributed by atoms with Crippen molar-refractivity contribution in [3.05, 3.63) is 122 Å². The molecule has 76 heavy (non-hydrogen) atoms. The van der Waals surface area contributed by atoms with Crippen LogP contribution in [0.25, 0.3) is 0 Å². The second kappa shape index (κ2) is 63.3. The van der Waals surface area contributed by atoms with E-state index in [0.29, 0.717) is 19.3 Å². The molecule has 0 aromatic carbocycles. The van der Waals surface area contributed by atoms with Crippen LogP contribution in [0.3, 0.4) is 0 Å². The molecule has 432 valence electrons. The quantitative estimate of drug-likeness (QED) is 0.0261. The van der Waals surface area contributed by atoms with Crippen LogP contribution in [0, 0.1) is 0 Å². The van der Waals surface area contributed by atoms with Crippen molar-refractivity contribution in [2.75, 3.05) is 13.2 Å². The van der Waals surface area contributed by atoms with Crippen LogP contribution in [0.5, 0.6) is 0 Å². The van der Waals surface area contributed by atoms with Crippen LogP contribution in [0.1, 0.15) is 284 Å². The Hall–Kier alpha value is -4.19. The van der Waals surface area contributed by atoms with Gasteiger partial charge in [0.1, 0.15) is 13.2 Å². The molecule has 1 atom stereocenters. The first kappa shape index (κ1) is 71.8. The summed E-state index contributed by atoms with van der Waals surface area (Å²) in [6.45, 7) is 6.47. The topological polar surface area (TPSA) is 78.9 Å². The van der Waals surface area contributed by atoms with Crippen molar-refractivity contribution < 1.29 is 28.6 Å². The summed E-state index contributed by atoms with van der Waals surface area (Å²) in [5, 5.41) is 0. The van der Waals surface area contributed by atoms with E-state index in [-0.39, 0.29) is 37.5 Å². The molecular formula is C70H116O6. The molecule has 0 radical (unpaired) electrons. The third kappa shape index (κ3) is 60.7. The van der Waals surface area contributed by atoms with E-state index in [1.165, 1.54) is 116 Å². The molecule has 6 nitrogen and oxygen atoms in total. The lowest BCUT2D eigenvalue weighted by molar-refractivity contribution is -0.167. The SMILES string of the molecule is CC/C=C\C/C=C\C/C=C\C/C=C\C/C=C\C/C=C\CCCCC(=O)OC(COC(=O)CCCCCCC/C=C\CCCCCCC)COC(=O)CCCCCCCCCC/C=C\C/C=C\C/C=C\CCCCCCC. The number of hydrogen-bond donors (Lipinski definition) is 0. The molecule has 0 aliphatic heterocycles. The van der Waals surface area contributed by atoms with Gasteiger partial charge in [0, 0.05) is 19.3 Å². The van der Waals surface area contributed by atoms with Crippen molar-refractivity contribution in [1.29, 1.82) is 0 Å². The largest absolute Gasteiger partial charge is 0.462 e. The van der Waals surface area contributed by atoms with Crippen molar-refractivity contribution in [3.63, 3.8) is 0 Å². The van der Waals surface area contributed by atoms with E-state index in [0.717, 1.165) is 122 Å². The average molecular weight is 1050 g/mol. The number of carbonyl (C=O) groups excluding carboxylic acids is 3. The normalized spacial score (nSPS) is 12.9. The fourth-order valence-electron chi connectivity index (χ4n) is 8.45. The molecule has 0 bridgehead atoms. The van der Waals surface area contributed by atoms with Crippen LogP contribution in [-0.2, 0) is 28.6 Å². The predicted octanol–water partition coefficient (Wildman–Crippen LogP) is 21.6. The van der Waals surface area contributed by atoms with Crippen LogP contribution in [0.4, 0.5) is 0 Å². The van der Waals surface area contributed by atoms with Crippen molar-refractivity contribution in [1.82, 2.24) is 0 Å². The van der Waals surface area contributed by atoms with Gasteiger partial charge in [0.05, 0.1) is 0 Å². The van der Waals surface area contributed by atoms with Crippen LogP contribution < -0.4 is 0 Å². The summed E-state index contributed by atoms with van der Waals surface area (Å²) in [6, 6.07) is 0. The molecule has 0 N–H and O–H groups in total. The maximum Gasteiger partial charge on any atom is 0.306 e. The number of unbranched alkanes of at least 4 members (excludes halogenated alkanes) is 25. The second-order valence-corrected chi connectivity index (χ2v) is 20.6. The highest BCUT2D eigenvalue weighted by atomic mass is 16.6. The maximum atomic E-state index is 12.9. The first-order valence-electron chi connectivity index (χ1n) is 31.5.